The van der Waals surface area contributed by atoms with Crippen LogP contribution < -0.4 is 5.32 Å². The van der Waals surface area contributed by atoms with Crippen molar-refractivity contribution >= 4 is 17.5 Å². The zero-order valence-electron chi connectivity index (χ0n) is 17.3. The number of carbonyl (C=O) groups is 2. The summed E-state index contributed by atoms with van der Waals surface area (Å²) in [5.41, 5.74) is 2.97. The second-order valence-corrected chi connectivity index (χ2v) is 7.70. The molecule has 0 bridgehead atoms. The van der Waals surface area contributed by atoms with Crippen molar-refractivity contribution < 1.29 is 14.3 Å². The minimum absolute atomic E-state index is 0.0225. The Morgan fingerprint density at radius 2 is 1.79 bits per heavy atom. The highest BCUT2D eigenvalue weighted by molar-refractivity contribution is 5.94. The van der Waals surface area contributed by atoms with E-state index in [9.17, 15) is 9.59 Å². The standard InChI is InChI=1S/C23H29N3O3/c1-17-9-11-20(12-10-17)24-22(27)15-25(3)23(28)16-26-13-18(2)29-21(14-26)19-7-5-4-6-8-19/h4-12,18,21H,13-16H2,1-3H3,(H,24,27). The maximum atomic E-state index is 12.7. The molecule has 1 fully saturated rings. The van der Waals surface area contributed by atoms with Gasteiger partial charge in [-0.05, 0) is 31.5 Å². The second kappa shape index (κ2) is 9.67. The number of nitrogens with zero attached hydrogens (tertiary/aromatic N) is 2. The summed E-state index contributed by atoms with van der Waals surface area (Å²) in [5.74, 6) is -0.285. The fraction of sp³-hybridized carbons (Fsp3) is 0.391. The van der Waals surface area contributed by atoms with Gasteiger partial charge in [0.25, 0.3) is 0 Å². The van der Waals surface area contributed by atoms with Gasteiger partial charge in [0.15, 0.2) is 0 Å². The quantitative estimate of drug-likeness (QED) is 0.817. The SMILES string of the molecule is Cc1ccc(NC(=O)CN(C)C(=O)CN2CC(C)OC(c3ccccc3)C2)cc1. The van der Waals surface area contributed by atoms with Crippen molar-refractivity contribution in [2.75, 3.05) is 38.5 Å². The van der Waals surface area contributed by atoms with Gasteiger partial charge in [-0.2, -0.15) is 0 Å². The molecule has 154 valence electrons. The molecule has 0 saturated carbocycles. The molecule has 3 rings (SSSR count). The van der Waals surface area contributed by atoms with Crippen LogP contribution in [0.4, 0.5) is 5.69 Å². The largest absolute Gasteiger partial charge is 0.368 e. The number of likely N-dealkylation sites (N-methyl/N-ethyl adjacent to an activating group) is 1. The van der Waals surface area contributed by atoms with Crippen LogP contribution in [0.25, 0.3) is 0 Å². The molecule has 0 radical (unpaired) electrons. The van der Waals surface area contributed by atoms with Crippen LogP contribution in [0.5, 0.6) is 0 Å². The molecule has 2 aromatic rings. The lowest BCUT2D eigenvalue weighted by molar-refractivity contribution is -0.137. The van der Waals surface area contributed by atoms with Gasteiger partial charge in [-0.1, -0.05) is 48.0 Å². The van der Waals surface area contributed by atoms with E-state index in [2.05, 4.69) is 10.2 Å². The van der Waals surface area contributed by atoms with Gasteiger partial charge < -0.3 is 15.0 Å². The first-order valence-electron chi connectivity index (χ1n) is 9.94. The number of carbonyl (C=O) groups excluding carboxylic acids is 2. The van der Waals surface area contributed by atoms with Gasteiger partial charge in [0.1, 0.15) is 0 Å². The molecule has 2 atom stereocenters. The van der Waals surface area contributed by atoms with Gasteiger partial charge >= 0.3 is 0 Å². The molecule has 1 saturated heterocycles. The molecule has 29 heavy (non-hydrogen) atoms. The predicted octanol–water partition coefficient (Wildman–Crippen LogP) is 2.85. The number of amides is 2. The number of ether oxygens (including phenoxy) is 1. The number of benzene rings is 2. The molecule has 0 spiro atoms. The summed E-state index contributed by atoms with van der Waals surface area (Å²) < 4.78 is 6.05. The van der Waals surface area contributed by atoms with Crippen molar-refractivity contribution in [3.63, 3.8) is 0 Å². The van der Waals surface area contributed by atoms with E-state index < -0.39 is 0 Å². The Bertz CT molecular complexity index is 823. The first kappa shape index (κ1) is 21.0. The first-order valence-corrected chi connectivity index (χ1v) is 9.94. The Morgan fingerprint density at radius 1 is 1.10 bits per heavy atom. The highest BCUT2D eigenvalue weighted by atomic mass is 16.5. The molecule has 1 N–H and O–H groups in total. The number of aryl methyl sites for hydroxylation is 1. The molecule has 6 heteroatoms. The average molecular weight is 396 g/mol. The number of nitrogens with one attached hydrogen (secondary N) is 1. The normalized spacial score (nSPS) is 19.6. The summed E-state index contributed by atoms with van der Waals surface area (Å²) in [6.45, 7) is 5.65. The Kier molecular flexibility index (Phi) is 7.01. The summed E-state index contributed by atoms with van der Waals surface area (Å²) in [5, 5.41) is 2.83. The minimum atomic E-state index is -0.206. The smallest absolute Gasteiger partial charge is 0.243 e. The monoisotopic (exact) mass is 395 g/mol. The van der Waals surface area contributed by atoms with Gasteiger partial charge in [0, 0.05) is 25.8 Å². The van der Waals surface area contributed by atoms with Crippen LogP contribution in [0.15, 0.2) is 54.6 Å². The van der Waals surface area contributed by atoms with Gasteiger partial charge in [0.05, 0.1) is 25.3 Å². The minimum Gasteiger partial charge on any atom is -0.368 e. The third kappa shape index (κ3) is 6.14. The summed E-state index contributed by atoms with van der Waals surface area (Å²) in [4.78, 5) is 28.5. The number of rotatable bonds is 6. The van der Waals surface area contributed by atoms with E-state index in [1.165, 1.54) is 4.90 Å². The molecule has 2 amide bonds. The number of anilines is 1. The van der Waals surface area contributed by atoms with Crippen LogP contribution >= 0.6 is 0 Å². The molecule has 0 aromatic heterocycles. The maximum Gasteiger partial charge on any atom is 0.243 e. The average Bonchev–Trinajstić information content (AvgIpc) is 2.70. The van der Waals surface area contributed by atoms with E-state index in [1.54, 1.807) is 7.05 Å². The fourth-order valence-electron chi connectivity index (χ4n) is 3.47. The van der Waals surface area contributed by atoms with Crippen LogP contribution in [0.3, 0.4) is 0 Å². The molecule has 1 aliphatic rings. The Morgan fingerprint density at radius 3 is 2.48 bits per heavy atom. The second-order valence-electron chi connectivity index (χ2n) is 7.70. The van der Waals surface area contributed by atoms with Gasteiger partial charge in [0.2, 0.25) is 11.8 Å². The molecular weight excluding hydrogens is 366 g/mol. The van der Waals surface area contributed by atoms with E-state index in [0.717, 1.165) is 16.8 Å². The third-order valence-corrected chi connectivity index (χ3v) is 5.01. The van der Waals surface area contributed by atoms with Crippen LogP contribution in [0.2, 0.25) is 0 Å². The highest BCUT2D eigenvalue weighted by Gasteiger charge is 2.28. The maximum absolute atomic E-state index is 12.7. The van der Waals surface area contributed by atoms with Crippen molar-refractivity contribution in [1.29, 1.82) is 0 Å². The zero-order valence-corrected chi connectivity index (χ0v) is 17.3. The third-order valence-electron chi connectivity index (χ3n) is 5.01. The zero-order chi connectivity index (χ0) is 20.8. The Hall–Kier alpha value is -2.70. The summed E-state index contributed by atoms with van der Waals surface area (Å²) in [6.07, 6.45) is -0.0141. The van der Waals surface area contributed by atoms with E-state index in [-0.39, 0.29) is 37.1 Å². The molecule has 1 aliphatic heterocycles. The summed E-state index contributed by atoms with van der Waals surface area (Å²) >= 11 is 0. The lowest BCUT2D eigenvalue weighted by Crippen LogP contribution is -2.48. The fourth-order valence-corrected chi connectivity index (χ4v) is 3.47. The van der Waals surface area contributed by atoms with Crippen LogP contribution in [0, 0.1) is 6.92 Å². The Balaban J connectivity index is 1.51. The summed E-state index contributed by atoms with van der Waals surface area (Å²) in [7, 11) is 1.66. The molecule has 1 heterocycles. The van der Waals surface area contributed by atoms with E-state index in [4.69, 9.17) is 4.74 Å². The van der Waals surface area contributed by atoms with Crippen molar-refractivity contribution in [2.45, 2.75) is 26.1 Å². The van der Waals surface area contributed by atoms with Crippen molar-refractivity contribution in [1.82, 2.24) is 9.80 Å². The van der Waals surface area contributed by atoms with Crippen molar-refractivity contribution in [3.8, 4) is 0 Å². The molecular formula is C23H29N3O3. The van der Waals surface area contributed by atoms with Gasteiger partial charge in [-0.25, -0.2) is 0 Å². The van der Waals surface area contributed by atoms with Crippen LogP contribution in [0.1, 0.15) is 24.2 Å². The lowest BCUT2D eigenvalue weighted by atomic mass is 10.1. The van der Waals surface area contributed by atoms with Crippen molar-refractivity contribution in [3.05, 3.63) is 65.7 Å². The molecule has 0 aliphatic carbocycles. The van der Waals surface area contributed by atoms with E-state index in [1.807, 2.05) is 68.4 Å². The first-order chi connectivity index (χ1) is 13.9. The molecule has 2 unspecified atom stereocenters. The molecule has 2 aromatic carbocycles. The number of hydrogen-bond acceptors (Lipinski definition) is 4. The number of morpholine rings is 1. The van der Waals surface area contributed by atoms with Crippen molar-refractivity contribution in [2.24, 2.45) is 0 Å². The van der Waals surface area contributed by atoms with E-state index >= 15 is 0 Å². The van der Waals surface area contributed by atoms with Gasteiger partial charge in [-0.3, -0.25) is 14.5 Å². The lowest BCUT2D eigenvalue weighted by Gasteiger charge is -2.37. The van der Waals surface area contributed by atoms with Crippen LogP contribution in [-0.4, -0.2) is 60.9 Å². The van der Waals surface area contributed by atoms with Crippen LogP contribution in [-0.2, 0) is 14.3 Å². The Labute approximate surface area is 172 Å². The van der Waals surface area contributed by atoms with E-state index in [0.29, 0.717) is 13.1 Å². The predicted molar refractivity (Wildman–Crippen MR) is 114 cm³/mol. The summed E-state index contributed by atoms with van der Waals surface area (Å²) in [6, 6.07) is 17.6. The topological polar surface area (TPSA) is 61.9 Å². The highest BCUT2D eigenvalue weighted by Crippen LogP contribution is 2.24. The number of hydrogen-bond donors (Lipinski definition) is 1. The van der Waals surface area contributed by atoms with Gasteiger partial charge in [-0.15, -0.1) is 0 Å². The molecule has 6 nitrogen and oxygen atoms in total.